The summed E-state index contributed by atoms with van der Waals surface area (Å²) >= 11 is 0. The Morgan fingerprint density at radius 1 is 1.52 bits per heavy atom. The first-order chi connectivity index (χ1) is 9.65. The minimum Gasteiger partial charge on any atom is -0.374 e. The molecule has 0 aromatic heterocycles. The Balaban J connectivity index is 0.00000220. The average Bonchev–Trinajstić information content (AvgIpc) is 2.46. The van der Waals surface area contributed by atoms with E-state index in [-0.39, 0.29) is 24.4 Å². The van der Waals surface area contributed by atoms with Gasteiger partial charge in [0.25, 0.3) is 5.91 Å². The van der Waals surface area contributed by atoms with Gasteiger partial charge in [-0.15, -0.1) is 12.4 Å². The van der Waals surface area contributed by atoms with E-state index >= 15 is 0 Å². The number of halogens is 1. The minimum absolute atomic E-state index is 0. The van der Waals surface area contributed by atoms with Crippen LogP contribution < -0.4 is 10.6 Å². The highest BCUT2D eigenvalue weighted by Gasteiger charge is 2.21. The van der Waals surface area contributed by atoms with E-state index < -0.39 is 6.10 Å². The summed E-state index contributed by atoms with van der Waals surface area (Å²) < 4.78 is 11.0. The van der Waals surface area contributed by atoms with Crippen molar-refractivity contribution in [1.82, 2.24) is 5.32 Å². The topological polar surface area (TPSA) is 59.6 Å². The van der Waals surface area contributed by atoms with Crippen molar-refractivity contribution in [2.24, 2.45) is 0 Å². The molecule has 1 atom stereocenters. The van der Waals surface area contributed by atoms with Gasteiger partial charge in [0, 0.05) is 18.8 Å². The molecule has 0 saturated carbocycles. The predicted molar refractivity (Wildman–Crippen MR) is 84.9 cm³/mol. The molecular formula is C15H23ClN2O3. The van der Waals surface area contributed by atoms with Crippen LogP contribution in [0.3, 0.4) is 0 Å². The van der Waals surface area contributed by atoms with Gasteiger partial charge in [0.15, 0.2) is 0 Å². The third-order valence-electron chi connectivity index (χ3n) is 3.00. The van der Waals surface area contributed by atoms with Gasteiger partial charge in [-0.1, -0.05) is 12.1 Å². The average molecular weight is 315 g/mol. The summed E-state index contributed by atoms with van der Waals surface area (Å²) in [6.07, 6.45) is -0.228. The molecule has 21 heavy (non-hydrogen) atoms. The number of hydrogen-bond donors (Lipinski definition) is 2. The van der Waals surface area contributed by atoms with Crippen LogP contribution in [0.1, 0.15) is 19.4 Å². The molecule has 1 heterocycles. The number of carbonyl (C=O) groups is 1. The Bertz CT molecular complexity index is 448. The zero-order chi connectivity index (χ0) is 14.4. The first kappa shape index (κ1) is 17.9. The maximum atomic E-state index is 12.0. The lowest BCUT2D eigenvalue weighted by Crippen LogP contribution is -2.45. The number of hydrogen-bond acceptors (Lipinski definition) is 4. The van der Waals surface area contributed by atoms with E-state index in [2.05, 4.69) is 10.6 Å². The number of rotatable bonds is 5. The van der Waals surface area contributed by atoms with Crippen molar-refractivity contribution in [3.63, 3.8) is 0 Å². The standard InChI is InChI=1S/C15H22N2O3.ClH/c1-11(2)20-10-12-4-3-5-13(8-12)17-15(18)14-9-16-6-7-19-14;/h3-5,8,11,14,16H,6-7,9-10H2,1-2H3,(H,17,18);1H. The largest absolute Gasteiger partial charge is 0.374 e. The van der Waals surface area contributed by atoms with Gasteiger partial charge in [-0.2, -0.15) is 0 Å². The molecule has 1 saturated heterocycles. The number of morpholine rings is 1. The SMILES string of the molecule is CC(C)OCc1cccc(NC(=O)C2CNCCO2)c1.Cl. The zero-order valence-corrected chi connectivity index (χ0v) is 13.2. The maximum Gasteiger partial charge on any atom is 0.254 e. The molecule has 0 bridgehead atoms. The minimum atomic E-state index is -0.417. The van der Waals surface area contributed by atoms with Gasteiger partial charge in [0.05, 0.1) is 19.3 Å². The number of nitrogens with one attached hydrogen (secondary N) is 2. The second kappa shape index (κ2) is 9.00. The highest BCUT2D eigenvalue weighted by molar-refractivity contribution is 5.94. The summed E-state index contributed by atoms with van der Waals surface area (Å²) in [6, 6.07) is 7.69. The van der Waals surface area contributed by atoms with Gasteiger partial charge in [0.2, 0.25) is 0 Å². The molecule has 1 amide bonds. The molecule has 1 fully saturated rings. The van der Waals surface area contributed by atoms with Crippen LogP contribution in [0.5, 0.6) is 0 Å². The van der Waals surface area contributed by atoms with E-state index in [4.69, 9.17) is 9.47 Å². The lowest BCUT2D eigenvalue weighted by atomic mass is 10.2. The summed E-state index contributed by atoms with van der Waals surface area (Å²) in [5, 5.41) is 6.02. The van der Waals surface area contributed by atoms with Gasteiger partial charge in [-0.25, -0.2) is 0 Å². The van der Waals surface area contributed by atoms with Crippen molar-refractivity contribution in [1.29, 1.82) is 0 Å². The van der Waals surface area contributed by atoms with Gasteiger partial charge in [-0.05, 0) is 31.5 Å². The quantitative estimate of drug-likeness (QED) is 0.872. The summed E-state index contributed by atoms with van der Waals surface area (Å²) in [4.78, 5) is 12.0. The fourth-order valence-electron chi connectivity index (χ4n) is 1.96. The van der Waals surface area contributed by atoms with Crippen LogP contribution >= 0.6 is 12.4 Å². The molecule has 1 aliphatic rings. The van der Waals surface area contributed by atoms with Gasteiger partial charge in [-0.3, -0.25) is 4.79 Å². The van der Waals surface area contributed by atoms with E-state index in [0.29, 0.717) is 19.8 Å². The Labute approximate surface area is 131 Å². The van der Waals surface area contributed by atoms with Gasteiger partial charge >= 0.3 is 0 Å². The zero-order valence-electron chi connectivity index (χ0n) is 12.4. The molecule has 2 rings (SSSR count). The normalized spacial score (nSPS) is 18.1. The van der Waals surface area contributed by atoms with Crippen molar-refractivity contribution in [3.05, 3.63) is 29.8 Å². The summed E-state index contributed by atoms with van der Waals surface area (Å²) in [5.74, 6) is -0.112. The van der Waals surface area contributed by atoms with Crippen LogP contribution in [0.4, 0.5) is 5.69 Å². The number of ether oxygens (including phenoxy) is 2. The molecule has 1 unspecified atom stereocenters. The third kappa shape index (κ3) is 6.01. The predicted octanol–water partition coefficient (Wildman–Crippen LogP) is 1.96. The first-order valence-corrected chi connectivity index (χ1v) is 6.99. The molecule has 1 aromatic carbocycles. The van der Waals surface area contributed by atoms with E-state index in [1.165, 1.54) is 0 Å². The van der Waals surface area contributed by atoms with Crippen molar-refractivity contribution in [2.45, 2.75) is 32.7 Å². The maximum absolute atomic E-state index is 12.0. The lowest BCUT2D eigenvalue weighted by molar-refractivity contribution is -0.128. The Kier molecular flexibility index (Phi) is 7.67. The monoisotopic (exact) mass is 314 g/mol. The van der Waals surface area contributed by atoms with Gasteiger partial charge < -0.3 is 20.1 Å². The Hall–Kier alpha value is -1.14. The van der Waals surface area contributed by atoms with Crippen molar-refractivity contribution in [2.75, 3.05) is 25.0 Å². The summed E-state index contributed by atoms with van der Waals surface area (Å²) in [5.41, 5.74) is 1.81. The second-order valence-electron chi connectivity index (χ2n) is 5.11. The highest BCUT2D eigenvalue weighted by Crippen LogP contribution is 2.13. The number of benzene rings is 1. The molecule has 1 aromatic rings. The third-order valence-corrected chi connectivity index (χ3v) is 3.00. The Morgan fingerprint density at radius 2 is 2.33 bits per heavy atom. The molecular weight excluding hydrogens is 292 g/mol. The molecule has 0 spiro atoms. The molecule has 1 aliphatic heterocycles. The molecule has 6 heteroatoms. The van der Waals surface area contributed by atoms with Crippen LogP contribution in [0.25, 0.3) is 0 Å². The smallest absolute Gasteiger partial charge is 0.254 e. The fourth-order valence-corrected chi connectivity index (χ4v) is 1.96. The fraction of sp³-hybridized carbons (Fsp3) is 0.533. The number of amides is 1. The van der Waals surface area contributed by atoms with Crippen molar-refractivity contribution >= 4 is 24.0 Å². The van der Waals surface area contributed by atoms with Crippen molar-refractivity contribution in [3.8, 4) is 0 Å². The Morgan fingerprint density at radius 3 is 3.00 bits per heavy atom. The van der Waals surface area contributed by atoms with Gasteiger partial charge in [0.1, 0.15) is 6.10 Å². The first-order valence-electron chi connectivity index (χ1n) is 6.99. The molecule has 0 radical (unpaired) electrons. The van der Waals surface area contributed by atoms with Crippen LogP contribution in [-0.4, -0.2) is 37.8 Å². The lowest BCUT2D eigenvalue weighted by Gasteiger charge is -2.22. The van der Waals surface area contributed by atoms with E-state index in [1.54, 1.807) is 0 Å². The number of carbonyl (C=O) groups excluding carboxylic acids is 1. The van der Waals surface area contributed by atoms with E-state index in [1.807, 2.05) is 38.1 Å². The van der Waals surface area contributed by atoms with Crippen LogP contribution in [-0.2, 0) is 20.9 Å². The van der Waals surface area contributed by atoms with E-state index in [9.17, 15) is 4.79 Å². The summed E-state index contributed by atoms with van der Waals surface area (Å²) in [7, 11) is 0. The van der Waals surface area contributed by atoms with Crippen LogP contribution in [0.15, 0.2) is 24.3 Å². The number of anilines is 1. The highest BCUT2D eigenvalue weighted by atomic mass is 35.5. The molecule has 0 aliphatic carbocycles. The van der Waals surface area contributed by atoms with Crippen molar-refractivity contribution < 1.29 is 14.3 Å². The summed E-state index contributed by atoms with van der Waals surface area (Å²) in [6.45, 7) is 6.47. The van der Waals surface area contributed by atoms with Crippen LogP contribution in [0.2, 0.25) is 0 Å². The molecule has 5 nitrogen and oxygen atoms in total. The second-order valence-corrected chi connectivity index (χ2v) is 5.11. The van der Waals surface area contributed by atoms with E-state index in [0.717, 1.165) is 17.8 Å². The molecule has 118 valence electrons. The molecule has 2 N–H and O–H groups in total. The van der Waals surface area contributed by atoms with Crippen LogP contribution in [0, 0.1) is 0 Å².